The third-order valence-electron chi connectivity index (χ3n) is 11.7. The molecule has 3 aliphatic rings. The molecule has 55 heavy (non-hydrogen) atoms. The van der Waals surface area contributed by atoms with Crippen molar-refractivity contribution in [3.8, 4) is 11.6 Å². The molecule has 3 amide bonds. The smallest absolute Gasteiger partial charge is 0.255 e. The standard InChI is InChI=1S/C40H45N11O4/c1-25-38-31(5-3-6-32(38)50(45-25)33-12-13-36(52)44-40(33)54)48-19-17-47(18-20-48)16-14-26-8-10-28(11-9-26)43-39(53)29-21-27-24-49(46-30(27)22-34(29)55-2)37-23-41-35-7-4-15-42-51(35)37/h3-7,15,21-24,26,28,33H,8-14,16-20H2,1-2H3,(H,43,53)(H,44,52,54). The van der Waals surface area contributed by atoms with E-state index in [1.54, 1.807) is 28.7 Å². The van der Waals surface area contributed by atoms with Crippen molar-refractivity contribution in [2.45, 2.75) is 64.0 Å². The van der Waals surface area contributed by atoms with Gasteiger partial charge < -0.3 is 15.0 Å². The van der Waals surface area contributed by atoms with E-state index in [0.717, 1.165) is 98.1 Å². The number of ether oxygens (including phenoxy) is 1. The van der Waals surface area contributed by atoms with Crippen molar-refractivity contribution in [3.63, 3.8) is 0 Å². The van der Waals surface area contributed by atoms with E-state index < -0.39 is 6.04 Å². The van der Waals surface area contributed by atoms with Gasteiger partial charge in [-0.2, -0.15) is 19.8 Å². The van der Waals surface area contributed by atoms with Crippen molar-refractivity contribution in [1.29, 1.82) is 0 Å². The lowest BCUT2D eigenvalue weighted by molar-refractivity contribution is -0.135. The number of hydrogen-bond donors (Lipinski definition) is 2. The molecule has 2 N–H and O–H groups in total. The van der Waals surface area contributed by atoms with Gasteiger partial charge >= 0.3 is 0 Å². The lowest BCUT2D eigenvalue weighted by atomic mass is 9.84. The van der Waals surface area contributed by atoms with Crippen LogP contribution in [0.3, 0.4) is 0 Å². The third-order valence-corrected chi connectivity index (χ3v) is 11.7. The molecule has 15 heteroatoms. The van der Waals surface area contributed by atoms with Crippen molar-refractivity contribution in [2.24, 2.45) is 5.92 Å². The number of carbonyl (C=O) groups excluding carboxylic acids is 3. The van der Waals surface area contributed by atoms with Crippen LogP contribution in [0.5, 0.6) is 5.75 Å². The number of carbonyl (C=O) groups is 3. The van der Waals surface area contributed by atoms with E-state index in [-0.39, 0.29) is 23.8 Å². The number of imidazole rings is 1. The van der Waals surface area contributed by atoms with Crippen LogP contribution in [0.1, 0.15) is 67.0 Å². The minimum atomic E-state index is -0.475. The summed E-state index contributed by atoms with van der Waals surface area (Å²) < 4.78 is 10.9. The molecule has 1 saturated carbocycles. The van der Waals surface area contributed by atoms with Crippen LogP contribution in [-0.2, 0) is 9.59 Å². The molecule has 2 aromatic carbocycles. The zero-order valence-electron chi connectivity index (χ0n) is 31.1. The number of nitrogens with one attached hydrogen (secondary N) is 2. The van der Waals surface area contributed by atoms with E-state index in [1.165, 1.54) is 0 Å². The summed E-state index contributed by atoms with van der Waals surface area (Å²) in [6.45, 7) is 6.90. The first-order chi connectivity index (χ1) is 26.8. The number of fused-ring (bicyclic) bond motifs is 3. The summed E-state index contributed by atoms with van der Waals surface area (Å²) in [4.78, 5) is 47.4. The molecule has 2 saturated heterocycles. The van der Waals surface area contributed by atoms with Gasteiger partial charge in [0.25, 0.3) is 11.8 Å². The first-order valence-electron chi connectivity index (χ1n) is 19.3. The van der Waals surface area contributed by atoms with Crippen LogP contribution in [0.15, 0.2) is 61.1 Å². The van der Waals surface area contributed by atoms with Gasteiger partial charge in [-0.15, -0.1) is 0 Å². The molecule has 0 spiro atoms. The zero-order chi connectivity index (χ0) is 37.6. The average Bonchev–Trinajstić information content (AvgIpc) is 3.92. The van der Waals surface area contributed by atoms with Crippen LogP contribution < -0.4 is 20.3 Å². The molecular formula is C40H45N11O4. The highest BCUT2D eigenvalue weighted by atomic mass is 16.5. The van der Waals surface area contributed by atoms with E-state index in [4.69, 9.17) is 14.9 Å². The lowest BCUT2D eigenvalue weighted by Gasteiger charge is -2.37. The second kappa shape index (κ2) is 14.4. The Balaban J connectivity index is 0.771. The van der Waals surface area contributed by atoms with Crippen molar-refractivity contribution >= 4 is 50.9 Å². The second-order valence-corrected chi connectivity index (χ2v) is 15.1. The summed E-state index contributed by atoms with van der Waals surface area (Å²) in [7, 11) is 1.58. The normalized spacial score (nSPS) is 21.1. The van der Waals surface area contributed by atoms with Crippen molar-refractivity contribution in [1.82, 2.24) is 49.7 Å². The lowest BCUT2D eigenvalue weighted by Crippen LogP contribution is -2.47. The van der Waals surface area contributed by atoms with E-state index in [0.29, 0.717) is 41.4 Å². The van der Waals surface area contributed by atoms with Gasteiger partial charge in [-0.25, -0.2) is 9.67 Å². The maximum absolute atomic E-state index is 13.6. The summed E-state index contributed by atoms with van der Waals surface area (Å²) in [5.74, 6) is 1.22. The number of piperidine rings is 1. The highest BCUT2D eigenvalue weighted by molar-refractivity contribution is 6.02. The van der Waals surface area contributed by atoms with E-state index in [2.05, 4.69) is 36.6 Å². The SMILES string of the molecule is COc1cc2nn(-c3cnc4cccnn34)cc2cc1C(=O)NC1CCC(CCN2CCN(c3cccc4c3c(C)nn4C3CCC(=O)NC3=O)CC2)CC1. The van der Waals surface area contributed by atoms with Crippen LogP contribution in [0, 0.1) is 12.8 Å². The van der Waals surface area contributed by atoms with Crippen molar-refractivity contribution < 1.29 is 19.1 Å². The minimum Gasteiger partial charge on any atom is -0.496 e. The molecule has 2 aliphatic heterocycles. The minimum absolute atomic E-state index is 0.126. The average molecular weight is 744 g/mol. The Morgan fingerprint density at radius 2 is 1.84 bits per heavy atom. The fourth-order valence-electron chi connectivity index (χ4n) is 8.70. The van der Waals surface area contributed by atoms with Crippen LogP contribution in [0.2, 0.25) is 0 Å². The topological polar surface area (TPSA) is 157 Å². The predicted octanol–water partition coefficient (Wildman–Crippen LogP) is 4.21. The Morgan fingerprint density at radius 1 is 1.00 bits per heavy atom. The summed E-state index contributed by atoms with van der Waals surface area (Å²) in [5, 5.41) is 21.6. The molecule has 1 unspecified atom stereocenters. The van der Waals surface area contributed by atoms with Crippen LogP contribution >= 0.6 is 0 Å². The highest BCUT2D eigenvalue weighted by Crippen LogP contribution is 2.34. The molecule has 15 nitrogen and oxygen atoms in total. The Bertz CT molecular complexity index is 2420. The summed E-state index contributed by atoms with van der Waals surface area (Å²) in [5.41, 5.74) is 4.93. The summed E-state index contributed by atoms with van der Waals surface area (Å²) >= 11 is 0. The van der Waals surface area contributed by atoms with Crippen LogP contribution in [0.25, 0.3) is 33.3 Å². The number of hydrogen-bond acceptors (Lipinski definition) is 10. The second-order valence-electron chi connectivity index (χ2n) is 15.1. The molecular weight excluding hydrogens is 699 g/mol. The first kappa shape index (κ1) is 34.9. The zero-order valence-corrected chi connectivity index (χ0v) is 31.1. The van der Waals surface area contributed by atoms with Crippen LogP contribution in [0.4, 0.5) is 5.69 Å². The van der Waals surface area contributed by atoms with Gasteiger partial charge in [-0.05, 0) is 88.2 Å². The van der Waals surface area contributed by atoms with Gasteiger partial charge in [0.1, 0.15) is 11.8 Å². The first-order valence-corrected chi connectivity index (χ1v) is 19.3. The van der Waals surface area contributed by atoms with Gasteiger partial charge in [0.15, 0.2) is 11.5 Å². The molecule has 0 bridgehead atoms. The number of methoxy groups -OCH3 is 1. The molecule has 284 valence electrons. The molecule has 0 radical (unpaired) electrons. The Labute approximate surface area is 317 Å². The predicted molar refractivity (Wildman–Crippen MR) is 207 cm³/mol. The number of aromatic nitrogens is 7. The quantitative estimate of drug-likeness (QED) is 0.206. The number of benzene rings is 2. The number of piperazine rings is 1. The van der Waals surface area contributed by atoms with Gasteiger partial charge in [0.2, 0.25) is 5.91 Å². The third kappa shape index (κ3) is 6.66. The Morgan fingerprint density at radius 3 is 2.64 bits per heavy atom. The Hall–Kier alpha value is -5.83. The van der Waals surface area contributed by atoms with E-state index >= 15 is 0 Å². The molecule has 6 aromatic rings. The van der Waals surface area contributed by atoms with Gasteiger partial charge in [-0.3, -0.25) is 29.3 Å². The van der Waals surface area contributed by atoms with Crippen LogP contribution in [-0.4, -0.2) is 103 Å². The summed E-state index contributed by atoms with van der Waals surface area (Å²) in [6.07, 6.45) is 11.4. The molecule has 1 aliphatic carbocycles. The van der Waals surface area contributed by atoms with E-state index in [1.807, 2.05) is 54.2 Å². The number of amides is 3. The van der Waals surface area contributed by atoms with Crippen molar-refractivity contribution in [2.75, 3.05) is 44.7 Å². The maximum atomic E-state index is 13.6. The maximum Gasteiger partial charge on any atom is 0.255 e. The van der Waals surface area contributed by atoms with Crippen molar-refractivity contribution in [3.05, 3.63) is 72.3 Å². The Kier molecular flexibility index (Phi) is 9.16. The fourth-order valence-corrected chi connectivity index (χ4v) is 8.70. The number of anilines is 1. The molecule has 4 aromatic heterocycles. The number of imide groups is 1. The van der Waals surface area contributed by atoms with Gasteiger partial charge in [0, 0.05) is 73.6 Å². The molecule has 3 fully saturated rings. The fraction of sp³-hybridized carbons (Fsp3) is 0.425. The highest BCUT2D eigenvalue weighted by Gasteiger charge is 2.32. The summed E-state index contributed by atoms with van der Waals surface area (Å²) in [6, 6.07) is 13.3. The number of nitrogens with zero attached hydrogens (tertiary/aromatic N) is 9. The monoisotopic (exact) mass is 743 g/mol. The molecule has 9 rings (SSSR count). The van der Waals surface area contributed by atoms with Gasteiger partial charge in [-0.1, -0.05) is 6.07 Å². The molecule has 1 atom stereocenters. The molecule has 6 heterocycles. The number of rotatable bonds is 9. The number of aryl methyl sites for hydroxylation is 1. The van der Waals surface area contributed by atoms with Gasteiger partial charge in [0.05, 0.1) is 35.6 Å². The largest absolute Gasteiger partial charge is 0.496 e. The van der Waals surface area contributed by atoms with E-state index in [9.17, 15) is 14.4 Å².